The average molecular weight is 281 g/mol. The van der Waals surface area contributed by atoms with Crippen LogP contribution in [0.2, 0.25) is 5.02 Å². The van der Waals surface area contributed by atoms with E-state index in [0.29, 0.717) is 28.8 Å². The van der Waals surface area contributed by atoms with Gasteiger partial charge in [0.05, 0.1) is 5.02 Å². The van der Waals surface area contributed by atoms with Gasteiger partial charge in [-0.25, -0.2) is 4.98 Å². The van der Waals surface area contributed by atoms with Gasteiger partial charge >= 0.3 is 0 Å². The standard InChI is InChI=1S/C14H21ClN4/c1-19-10-2-3-11(19)5-8(4-10)13(16)12-6-9(15)7-18-14(12)17/h6-8,10-11,13H,2-5,16H2,1H3,(H2,17,18). The highest BCUT2D eigenvalue weighted by Crippen LogP contribution is 2.42. The third-order valence-corrected chi connectivity index (χ3v) is 5.12. The number of nitrogens with zero attached hydrogens (tertiary/aromatic N) is 2. The van der Waals surface area contributed by atoms with Crippen molar-refractivity contribution in [1.82, 2.24) is 9.88 Å². The molecule has 0 aromatic carbocycles. The van der Waals surface area contributed by atoms with Gasteiger partial charge in [-0.2, -0.15) is 0 Å². The second-order valence-electron chi connectivity index (χ2n) is 5.94. The molecule has 1 aromatic rings. The number of piperidine rings is 1. The van der Waals surface area contributed by atoms with Crippen molar-refractivity contribution in [2.45, 2.75) is 43.8 Å². The van der Waals surface area contributed by atoms with Crippen LogP contribution in [0.4, 0.5) is 5.82 Å². The third-order valence-electron chi connectivity index (χ3n) is 4.92. The van der Waals surface area contributed by atoms with Gasteiger partial charge in [0.25, 0.3) is 0 Å². The van der Waals surface area contributed by atoms with Crippen LogP contribution in [0, 0.1) is 5.92 Å². The quantitative estimate of drug-likeness (QED) is 0.871. The molecule has 4 N–H and O–H groups in total. The molecule has 2 fully saturated rings. The Morgan fingerprint density at radius 3 is 2.63 bits per heavy atom. The predicted molar refractivity (Wildman–Crippen MR) is 77.9 cm³/mol. The molecule has 1 aromatic heterocycles. The van der Waals surface area contributed by atoms with E-state index < -0.39 is 0 Å². The third kappa shape index (κ3) is 2.33. The molecular formula is C14H21ClN4. The first-order valence-electron chi connectivity index (χ1n) is 6.94. The maximum atomic E-state index is 6.44. The Labute approximate surface area is 119 Å². The summed E-state index contributed by atoms with van der Waals surface area (Å²) in [6, 6.07) is 3.18. The Morgan fingerprint density at radius 2 is 2.00 bits per heavy atom. The van der Waals surface area contributed by atoms with Gasteiger partial charge < -0.3 is 16.4 Å². The molecular weight excluding hydrogens is 260 g/mol. The number of hydrogen-bond acceptors (Lipinski definition) is 4. The van der Waals surface area contributed by atoms with Crippen LogP contribution in [0.1, 0.15) is 37.3 Å². The molecule has 4 nitrogen and oxygen atoms in total. The second-order valence-corrected chi connectivity index (χ2v) is 6.37. The van der Waals surface area contributed by atoms with Crippen LogP contribution >= 0.6 is 11.6 Å². The molecule has 2 aliphatic heterocycles. The smallest absolute Gasteiger partial charge is 0.128 e. The number of halogens is 1. The summed E-state index contributed by atoms with van der Waals surface area (Å²) in [5.41, 5.74) is 13.3. The molecule has 2 saturated heterocycles. The topological polar surface area (TPSA) is 68.2 Å². The monoisotopic (exact) mass is 280 g/mol. The number of nitrogens with two attached hydrogens (primary N) is 2. The number of aromatic nitrogens is 1. The number of rotatable bonds is 2. The summed E-state index contributed by atoms with van der Waals surface area (Å²) >= 11 is 6.01. The number of nitrogen functional groups attached to an aromatic ring is 1. The van der Waals surface area contributed by atoms with Crippen molar-refractivity contribution in [2.24, 2.45) is 11.7 Å². The summed E-state index contributed by atoms with van der Waals surface area (Å²) in [6.45, 7) is 0. The van der Waals surface area contributed by atoms with E-state index in [1.807, 2.05) is 6.07 Å². The lowest BCUT2D eigenvalue weighted by molar-refractivity contribution is 0.121. The van der Waals surface area contributed by atoms with E-state index in [4.69, 9.17) is 23.1 Å². The van der Waals surface area contributed by atoms with Crippen LogP contribution in [-0.4, -0.2) is 29.0 Å². The summed E-state index contributed by atoms with van der Waals surface area (Å²) in [5, 5.41) is 0.607. The first-order valence-corrected chi connectivity index (χ1v) is 7.32. The highest BCUT2D eigenvalue weighted by Gasteiger charge is 2.40. The fourth-order valence-electron chi connectivity index (χ4n) is 3.73. The van der Waals surface area contributed by atoms with Crippen LogP contribution in [0.25, 0.3) is 0 Å². The van der Waals surface area contributed by atoms with Gasteiger partial charge in [-0.05, 0) is 44.7 Å². The van der Waals surface area contributed by atoms with Gasteiger partial charge in [0.2, 0.25) is 0 Å². The van der Waals surface area contributed by atoms with E-state index >= 15 is 0 Å². The number of pyridine rings is 1. The van der Waals surface area contributed by atoms with Crippen molar-refractivity contribution in [3.05, 3.63) is 22.8 Å². The summed E-state index contributed by atoms with van der Waals surface area (Å²) < 4.78 is 0. The summed E-state index contributed by atoms with van der Waals surface area (Å²) in [4.78, 5) is 6.64. The van der Waals surface area contributed by atoms with E-state index in [2.05, 4.69) is 16.9 Å². The largest absolute Gasteiger partial charge is 0.383 e. The lowest BCUT2D eigenvalue weighted by atomic mass is 9.82. The average Bonchev–Trinajstić information content (AvgIpc) is 2.64. The first kappa shape index (κ1) is 13.2. The lowest BCUT2D eigenvalue weighted by Crippen LogP contribution is -2.42. The minimum atomic E-state index is -0.0528. The molecule has 2 bridgehead atoms. The molecule has 0 amide bonds. The van der Waals surface area contributed by atoms with Gasteiger partial charge in [-0.1, -0.05) is 11.6 Å². The van der Waals surface area contributed by atoms with Gasteiger partial charge in [0.15, 0.2) is 0 Å². The zero-order chi connectivity index (χ0) is 13.6. The summed E-state index contributed by atoms with van der Waals surface area (Å²) in [7, 11) is 2.24. The normalized spacial score (nSPS) is 32.5. The minimum absolute atomic E-state index is 0.0528. The molecule has 0 aliphatic carbocycles. The molecule has 2 aliphatic rings. The van der Waals surface area contributed by atoms with E-state index in [0.717, 1.165) is 18.4 Å². The highest BCUT2D eigenvalue weighted by atomic mass is 35.5. The Morgan fingerprint density at radius 1 is 1.37 bits per heavy atom. The molecule has 3 atom stereocenters. The Kier molecular flexibility index (Phi) is 3.41. The Balaban J connectivity index is 1.81. The van der Waals surface area contributed by atoms with Crippen molar-refractivity contribution in [3.8, 4) is 0 Å². The molecule has 0 spiro atoms. The predicted octanol–water partition coefficient (Wildman–Crippen LogP) is 2.19. The van der Waals surface area contributed by atoms with Gasteiger partial charge in [-0.15, -0.1) is 0 Å². The lowest BCUT2D eigenvalue weighted by Gasteiger charge is -2.39. The molecule has 3 heterocycles. The Bertz CT molecular complexity index is 465. The van der Waals surface area contributed by atoms with Gasteiger partial charge in [0, 0.05) is 29.9 Å². The van der Waals surface area contributed by atoms with Crippen LogP contribution in [0.5, 0.6) is 0 Å². The summed E-state index contributed by atoms with van der Waals surface area (Å²) in [5.74, 6) is 0.999. The maximum Gasteiger partial charge on any atom is 0.128 e. The van der Waals surface area contributed by atoms with E-state index in [-0.39, 0.29) is 6.04 Å². The first-order chi connectivity index (χ1) is 9.06. The van der Waals surface area contributed by atoms with Crippen LogP contribution < -0.4 is 11.5 Å². The van der Waals surface area contributed by atoms with E-state index in [9.17, 15) is 0 Å². The molecule has 3 unspecified atom stereocenters. The molecule has 5 heteroatoms. The molecule has 3 rings (SSSR count). The van der Waals surface area contributed by atoms with E-state index in [1.54, 1.807) is 6.20 Å². The van der Waals surface area contributed by atoms with Crippen molar-refractivity contribution < 1.29 is 0 Å². The van der Waals surface area contributed by atoms with Crippen molar-refractivity contribution in [2.75, 3.05) is 12.8 Å². The van der Waals surface area contributed by atoms with Crippen molar-refractivity contribution >= 4 is 17.4 Å². The molecule has 104 valence electrons. The van der Waals surface area contributed by atoms with Crippen LogP contribution in [0.3, 0.4) is 0 Å². The SMILES string of the molecule is CN1C2CCC1CC(C(N)c1cc(Cl)cnc1N)C2. The Hall–Kier alpha value is -0.840. The van der Waals surface area contributed by atoms with Crippen molar-refractivity contribution in [3.63, 3.8) is 0 Å². The minimum Gasteiger partial charge on any atom is -0.383 e. The van der Waals surface area contributed by atoms with Crippen LogP contribution in [0.15, 0.2) is 12.3 Å². The molecule has 0 saturated carbocycles. The number of anilines is 1. The second kappa shape index (κ2) is 4.93. The van der Waals surface area contributed by atoms with Gasteiger partial charge in [0.1, 0.15) is 5.82 Å². The zero-order valence-corrected chi connectivity index (χ0v) is 12.0. The summed E-state index contributed by atoms with van der Waals surface area (Å²) in [6.07, 6.45) is 6.48. The zero-order valence-electron chi connectivity index (χ0n) is 11.2. The van der Waals surface area contributed by atoms with Gasteiger partial charge in [-0.3, -0.25) is 0 Å². The molecule has 0 radical (unpaired) electrons. The number of hydrogen-bond donors (Lipinski definition) is 2. The fraction of sp³-hybridized carbons (Fsp3) is 0.643. The highest BCUT2D eigenvalue weighted by molar-refractivity contribution is 6.30. The van der Waals surface area contributed by atoms with Crippen molar-refractivity contribution in [1.29, 1.82) is 0 Å². The van der Waals surface area contributed by atoms with Crippen LogP contribution in [-0.2, 0) is 0 Å². The molecule has 19 heavy (non-hydrogen) atoms. The maximum absolute atomic E-state index is 6.44. The fourth-order valence-corrected chi connectivity index (χ4v) is 3.90. The van der Waals surface area contributed by atoms with E-state index in [1.165, 1.54) is 12.8 Å². The number of fused-ring (bicyclic) bond motifs is 2.